The summed E-state index contributed by atoms with van der Waals surface area (Å²) < 4.78 is 10.4. The monoisotopic (exact) mass is 364 g/mol. The van der Waals surface area contributed by atoms with Crippen LogP contribution in [-0.4, -0.2) is 41.6 Å². The van der Waals surface area contributed by atoms with Crippen LogP contribution < -0.4 is 10.1 Å². The van der Waals surface area contributed by atoms with Gasteiger partial charge in [0.1, 0.15) is 11.0 Å². The number of nitrogens with zero attached hydrogens (tertiary/aromatic N) is 1. The van der Waals surface area contributed by atoms with Gasteiger partial charge in [0.25, 0.3) is 5.91 Å². The summed E-state index contributed by atoms with van der Waals surface area (Å²) in [4.78, 5) is 28.5. The molecule has 1 fully saturated rings. The van der Waals surface area contributed by atoms with E-state index >= 15 is 0 Å². The number of hydrogen-bond donors (Lipinski definition) is 1. The molecule has 6 nitrogen and oxygen atoms in total. The lowest BCUT2D eigenvalue weighted by Gasteiger charge is -2.11. The Morgan fingerprint density at radius 2 is 2.21 bits per heavy atom. The molecule has 24 heavy (non-hydrogen) atoms. The molecule has 1 aliphatic heterocycles. The third kappa shape index (κ3) is 3.88. The predicted octanol–water partition coefficient (Wildman–Crippen LogP) is 3.07. The summed E-state index contributed by atoms with van der Waals surface area (Å²) in [7, 11) is 1.30. The first-order chi connectivity index (χ1) is 11.7. The van der Waals surface area contributed by atoms with Crippen molar-refractivity contribution in [1.82, 2.24) is 4.98 Å². The van der Waals surface area contributed by atoms with Crippen molar-refractivity contribution in [3.63, 3.8) is 0 Å². The topological polar surface area (TPSA) is 77.5 Å². The number of pyridine rings is 1. The van der Waals surface area contributed by atoms with E-state index in [2.05, 4.69) is 10.3 Å². The van der Waals surface area contributed by atoms with Crippen molar-refractivity contribution in [2.75, 3.05) is 23.9 Å². The van der Waals surface area contributed by atoms with Gasteiger partial charge in [0.05, 0.1) is 18.4 Å². The van der Waals surface area contributed by atoms with Crippen LogP contribution in [0.4, 0.5) is 5.69 Å². The van der Waals surface area contributed by atoms with Gasteiger partial charge in [0, 0.05) is 18.0 Å². The number of hydrogen-bond acceptors (Lipinski definition) is 7. The molecule has 2 aromatic rings. The first kappa shape index (κ1) is 16.8. The average Bonchev–Trinajstić information content (AvgIpc) is 3.26. The van der Waals surface area contributed by atoms with Gasteiger partial charge < -0.3 is 14.8 Å². The molecule has 0 bridgehead atoms. The lowest BCUT2D eigenvalue weighted by atomic mass is 10.2. The van der Waals surface area contributed by atoms with Crippen molar-refractivity contribution < 1.29 is 19.1 Å². The third-order valence-electron chi connectivity index (χ3n) is 3.46. The van der Waals surface area contributed by atoms with E-state index in [1.54, 1.807) is 23.6 Å². The SMILES string of the molecule is COC(=O)c1sccc1NC(=O)c1ccc(OC2CCSC2)nc1. The first-order valence-corrected chi connectivity index (χ1v) is 9.38. The van der Waals surface area contributed by atoms with Crippen LogP contribution in [0.3, 0.4) is 0 Å². The van der Waals surface area contributed by atoms with Gasteiger partial charge in [0.2, 0.25) is 5.88 Å². The highest BCUT2D eigenvalue weighted by Crippen LogP contribution is 2.24. The number of esters is 1. The maximum atomic E-state index is 12.3. The van der Waals surface area contributed by atoms with Gasteiger partial charge in [-0.2, -0.15) is 11.8 Å². The van der Waals surface area contributed by atoms with E-state index in [1.807, 2.05) is 11.8 Å². The molecule has 0 saturated carbocycles. The van der Waals surface area contributed by atoms with Crippen molar-refractivity contribution in [2.45, 2.75) is 12.5 Å². The Kier molecular flexibility index (Phi) is 5.37. The van der Waals surface area contributed by atoms with Crippen molar-refractivity contribution >= 4 is 40.7 Å². The molecule has 3 heterocycles. The average molecular weight is 364 g/mol. The van der Waals surface area contributed by atoms with Gasteiger partial charge in [-0.05, 0) is 29.7 Å². The molecule has 1 aliphatic rings. The fraction of sp³-hybridized carbons (Fsp3) is 0.312. The number of methoxy groups -OCH3 is 1. The quantitative estimate of drug-likeness (QED) is 0.822. The van der Waals surface area contributed by atoms with E-state index < -0.39 is 5.97 Å². The predicted molar refractivity (Wildman–Crippen MR) is 94.2 cm³/mol. The second kappa shape index (κ2) is 7.67. The molecule has 8 heteroatoms. The number of amides is 1. The summed E-state index contributed by atoms with van der Waals surface area (Å²) in [6.45, 7) is 0. The van der Waals surface area contributed by atoms with Crippen LogP contribution in [0.25, 0.3) is 0 Å². The highest BCUT2D eigenvalue weighted by atomic mass is 32.2. The highest BCUT2D eigenvalue weighted by Gasteiger charge is 2.19. The zero-order valence-corrected chi connectivity index (χ0v) is 14.6. The summed E-state index contributed by atoms with van der Waals surface area (Å²) >= 11 is 3.08. The second-order valence-corrected chi connectivity index (χ2v) is 7.16. The normalized spacial score (nSPS) is 16.6. The summed E-state index contributed by atoms with van der Waals surface area (Å²) in [5.41, 5.74) is 0.824. The second-order valence-electron chi connectivity index (χ2n) is 5.10. The number of aromatic nitrogens is 1. The number of thiophene rings is 1. The van der Waals surface area contributed by atoms with E-state index in [4.69, 9.17) is 9.47 Å². The van der Waals surface area contributed by atoms with Crippen LogP contribution in [-0.2, 0) is 4.74 Å². The minimum Gasteiger partial charge on any atom is -0.473 e. The Labute approximate surface area is 147 Å². The zero-order valence-electron chi connectivity index (χ0n) is 13.0. The standard InChI is InChI=1S/C16H16N2O4S2/c1-21-16(20)14-12(5-7-24-14)18-15(19)10-2-3-13(17-8-10)22-11-4-6-23-9-11/h2-3,5,7-8,11H,4,6,9H2,1H3,(H,18,19). The van der Waals surface area contributed by atoms with Crippen LogP contribution in [0.1, 0.15) is 26.5 Å². The Morgan fingerprint density at radius 1 is 1.33 bits per heavy atom. The molecule has 0 radical (unpaired) electrons. The van der Waals surface area contributed by atoms with Crippen molar-refractivity contribution in [3.05, 3.63) is 40.2 Å². The third-order valence-corrected chi connectivity index (χ3v) is 5.48. The summed E-state index contributed by atoms with van der Waals surface area (Å²) in [5, 5.41) is 4.42. The van der Waals surface area contributed by atoms with Crippen molar-refractivity contribution in [2.24, 2.45) is 0 Å². The van der Waals surface area contributed by atoms with Gasteiger partial charge in [-0.15, -0.1) is 11.3 Å². The van der Waals surface area contributed by atoms with E-state index in [1.165, 1.54) is 24.6 Å². The molecular weight excluding hydrogens is 348 g/mol. The lowest BCUT2D eigenvalue weighted by molar-refractivity contribution is 0.0607. The number of anilines is 1. The van der Waals surface area contributed by atoms with Crippen molar-refractivity contribution in [1.29, 1.82) is 0 Å². The number of thioether (sulfide) groups is 1. The zero-order chi connectivity index (χ0) is 16.9. The van der Waals surface area contributed by atoms with E-state index in [0.717, 1.165) is 17.9 Å². The van der Waals surface area contributed by atoms with Crippen LogP contribution in [0.2, 0.25) is 0 Å². The van der Waals surface area contributed by atoms with E-state index in [9.17, 15) is 9.59 Å². The minimum atomic E-state index is -0.475. The molecule has 0 aromatic carbocycles. The summed E-state index contributed by atoms with van der Waals surface area (Å²) in [6, 6.07) is 5.01. The Hall–Kier alpha value is -2.06. The molecule has 1 atom stereocenters. The highest BCUT2D eigenvalue weighted by molar-refractivity contribution is 7.99. The molecule has 0 aliphatic carbocycles. The number of ether oxygens (including phenoxy) is 2. The van der Waals surface area contributed by atoms with Gasteiger partial charge in [-0.3, -0.25) is 4.79 Å². The van der Waals surface area contributed by atoms with E-state index in [-0.39, 0.29) is 12.0 Å². The van der Waals surface area contributed by atoms with Crippen LogP contribution >= 0.6 is 23.1 Å². The Bertz CT molecular complexity index is 724. The van der Waals surface area contributed by atoms with Crippen LogP contribution in [0.15, 0.2) is 29.8 Å². The molecule has 0 spiro atoms. The smallest absolute Gasteiger partial charge is 0.350 e. The minimum absolute atomic E-state index is 0.190. The van der Waals surface area contributed by atoms with E-state index in [0.29, 0.717) is 22.0 Å². The van der Waals surface area contributed by atoms with Gasteiger partial charge in [0.15, 0.2) is 0 Å². The molecule has 2 aromatic heterocycles. The number of carbonyl (C=O) groups is 2. The number of rotatable bonds is 5. The molecule has 1 unspecified atom stereocenters. The molecule has 1 N–H and O–H groups in total. The largest absolute Gasteiger partial charge is 0.473 e. The summed E-state index contributed by atoms with van der Waals surface area (Å²) in [5.74, 6) is 1.78. The van der Waals surface area contributed by atoms with Gasteiger partial charge >= 0.3 is 5.97 Å². The molecule has 1 amide bonds. The molecule has 3 rings (SSSR count). The number of carbonyl (C=O) groups excluding carboxylic acids is 2. The number of nitrogens with one attached hydrogen (secondary N) is 1. The fourth-order valence-electron chi connectivity index (χ4n) is 2.21. The van der Waals surface area contributed by atoms with Crippen LogP contribution in [0.5, 0.6) is 5.88 Å². The molecule has 126 valence electrons. The first-order valence-electron chi connectivity index (χ1n) is 7.35. The van der Waals surface area contributed by atoms with Crippen LogP contribution in [0, 0.1) is 0 Å². The van der Waals surface area contributed by atoms with Gasteiger partial charge in [-0.1, -0.05) is 0 Å². The van der Waals surface area contributed by atoms with Gasteiger partial charge in [-0.25, -0.2) is 9.78 Å². The molecular formula is C16H16N2O4S2. The lowest BCUT2D eigenvalue weighted by Crippen LogP contribution is -2.16. The molecule has 1 saturated heterocycles. The maximum absolute atomic E-state index is 12.3. The van der Waals surface area contributed by atoms with Crippen molar-refractivity contribution in [3.8, 4) is 5.88 Å². The summed E-state index contributed by atoms with van der Waals surface area (Å²) in [6.07, 6.45) is 2.68. The fourth-order valence-corrected chi connectivity index (χ4v) is 4.07. The Balaban J connectivity index is 1.65. The Morgan fingerprint density at radius 3 is 2.88 bits per heavy atom. The maximum Gasteiger partial charge on any atom is 0.350 e.